The summed E-state index contributed by atoms with van der Waals surface area (Å²) in [4.78, 5) is 33.3. The van der Waals surface area contributed by atoms with Gasteiger partial charge >= 0.3 is 0 Å². The van der Waals surface area contributed by atoms with Crippen LogP contribution in [0.25, 0.3) is 11.9 Å². The molecule has 152 valence electrons. The highest BCUT2D eigenvalue weighted by molar-refractivity contribution is 5.58. The number of aryl methyl sites for hydroxylation is 1. The number of hydrogen-bond acceptors (Lipinski definition) is 11. The van der Waals surface area contributed by atoms with Crippen LogP contribution >= 0.6 is 0 Å². The van der Waals surface area contributed by atoms with Crippen molar-refractivity contribution in [1.82, 2.24) is 39.3 Å². The normalized spacial score (nSPS) is 11.0. The minimum Gasteiger partial charge on any atom is -0.493 e. The first kappa shape index (κ1) is 19.5. The molecular formula is C18H13N11O2. The summed E-state index contributed by atoms with van der Waals surface area (Å²) in [5, 5.41) is 32.2. The Bertz CT molecular complexity index is 1390. The molecule has 0 spiro atoms. The Morgan fingerprint density at radius 2 is 1.61 bits per heavy atom. The van der Waals surface area contributed by atoms with E-state index in [-0.39, 0.29) is 34.7 Å². The predicted molar refractivity (Wildman–Crippen MR) is 105 cm³/mol. The van der Waals surface area contributed by atoms with E-state index < -0.39 is 11.4 Å². The van der Waals surface area contributed by atoms with Crippen molar-refractivity contribution >= 4 is 11.6 Å². The van der Waals surface area contributed by atoms with Crippen molar-refractivity contribution in [2.24, 2.45) is 10.2 Å². The predicted octanol–water partition coefficient (Wildman–Crippen LogP) is 1.61. The van der Waals surface area contributed by atoms with Crippen LogP contribution in [0, 0.1) is 25.2 Å². The summed E-state index contributed by atoms with van der Waals surface area (Å²) in [5.74, 6) is -0.0815. The highest BCUT2D eigenvalue weighted by atomic mass is 16.3. The van der Waals surface area contributed by atoms with E-state index in [2.05, 4.69) is 40.2 Å². The van der Waals surface area contributed by atoms with Crippen molar-refractivity contribution in [3.8, 4) is 23.8 Å². The van der Waals surface area contributed by atoms with Crippen molar-refractivity contribution in [3.05, 3.63) is 64.2 Å². The average Bonchev–Trinajstić information content (AvgIpc) is 3.16. The van der Waals surface area contributed by atoms with E-state index in [9.17, 15) is 15.2 Å². The molecule has 0 unspecified atom stereocenters. The van der Waals surface area contributed by atoms with E-state index in [0.717, 1.165) is 4.57 Å². The Labute approximate surface area is 174 Å². The first-order valence-corrected chi connectivity index (χ1v) is 8.80. The maximum Gasteiger partial charge on any atom is 0.288 e. The van der Waals surface area contributed by atoms with E-state index in [1.807, 2.05) is 6.07 Å². The highest BCUT2D eigenvalue weighted by Gasteiger charge is 2.22. The van der Waals surface area contributed by atoms with Crippen molar-refractivity contribution in [2.45, 2.75) is 13.8 Å². The molecule has 0 radical (unpaired) electrons. The fraction of sp³-hybridized carbons (Fsp3) is 0.111. The lowest BCUT2D eigenvalue weighted by Crippen LogP contribution is -2.22. The van der Waals surface area contributed by atoms with Gasteiger partial charge in [0.1, 0.15) is 11.6 Å². The van der Waals surface area contributed by atoms with Gasteiger partial charge < -0.3 is 5.11 Å². The Morgan fingerprint density at radius 3 is 2.23 bits per heavy atom. The Hall–Kier alpha value is -4.86. The lowest BCUT2D eigenvalue weighted by Gasteiger charge is -2.11. The van der Waals surface area contributed by atoms with Gasteiger partial charge in [0.05, 0.1) is 0 Å². The summed E-state index contributed by atoms with van der Waals surface area (Å²) in [5.41, 5.74) is -0.976. The molecule has 0 saturated heterocycles. The highest BCUT2D eigenvalue weighted by Crippen LogP contribution is 2.28. The average molecular weight is 415 g/mol. The lowest BCUT2D eigenvalue weighted by atomic mass is 10.1. The quantitative estimate of drug-likeness (QED) is 0.486. The molecule has 0 amide bonds. The topological polar surface area (TPSA) is 173 Å². The molecule has 4 rings (SSSR count). The second-order valence-electron chi connectivity index (χ2n) is 6.09. The number of pyridine rings is 1. The zero-order valence-electron chi connectivity index (χ0n) is 16.2. The number of azo groups is 1. The van der Waals surface area contributed by atoms with Crippen LogP contribution in [0.1, 0.15) is 17.0 Å². The van der Waals surface area contributed by atoms with Crippen molar-refractivity contribution in [2.75, 3.05) is 0 Å². The summed E-state index contributed by atoms with van der Waals surface area (Å²) in [6.07, 6.45) is 5.85. The number of aromatic hydroxyl groups is 1. The Morgan fingerprint density at radius 1 is 1.00 bits per heavy atom. The van der Waals surface area contributed by atoms with Crippen LogP contribution in [0.4, 0.5) is 11.6 Å². The lowest BCUT2D eigenvalue weighted by molar-refractivity contribution is 0.430. The first-order chi connectivity index (χ1) is 15.0. The third kappa shape index (κ3) is 3.49. The molecular weight excluding hydrogens is 402 g/mol. The van der Waals surface area contributed by atoms with Gasteiger partial charge in [0.25, 0.3) is 17.5 Å². The minimum absolute atomic E-state index is 0.0246. The SMILES string of the molecule is Cc1nc(N=Nc2c(C)c(C#N)c(O)n(-c3ncccn3)c2=O)n(-c2ncccn2)n1. The molecule has 4 aromatic rings. The molecule has 4 aromatic heterocycles. The van der Waals surface area contributed by atoms with Crippen LogP contribution in [0.2, 0.25) is 0 Å². The summed E-state index contributed by atoms with van der Waals surface area (Å²) < 4.78 is 2.05. The summed E-state index contributed by atoms with van der Waals surface area (Å²) >= 11 is 0. The second kappa shape index (κ2) is 7.87. The van der Waals surface area contributed by atoms with E-state index in [0.29, 0.717) is 5.82 Å². The van der Waals surface area contributed by atoms with Gasteiger partial charge in [0.15, 0.2) is 11.5 Å². The molecule has 0 atom stereocenters. The van der Waals surface area contributed by atoms with Crippen LogP contribution in [0.15, 0.2) is 51.9 Å². The van der Waals surface area contributed by atoms with Gasteiger partial charge in [-0.15, -0.1) is 15.3 Å². The number of nitrogens with zero attached hydrogens (tertiary/aromatic N) is 11. The monoisotopic (exact) mass is 415 g/mol. The van der Waals surface area contributed by atoms with E-state index in [1.54, 1.807) is 19.1 Å². The van der Waals surface area contributed by atoms with Gasteiger partial charge in [-0.2, -0.15) is 14.9 Å². The van der Waals surface area contributed by atoms with Gasteiger partial charge in [-0.25, -0.2) is 24.5 Å². The van der Waals surface area contributed by atoms with Crippen LogP contribution in [0.5, 0.6) is 5.88 Å². The summed E-state index contributed by atoms with van der Waals surface area (Å²) in [7, 11) is 0. The van der Waals surface area contributed by atoms with Crippen LogP contribution in [-0.4, -0.2) is 44.4 Å². The Kier molecular flexibility index (Phi) is 4.94. The maximum atomic E-state index is 13.1. The molecule has 0 saturated carbocycles. The van der Waals surface area contributed by atoms with Crippen molar-refractivity contribution in [1.29, 1.82) is 5.26 Å². The van der Waals surface area contributed by atoms with E-state index in [4.69, 9.17) is 0 Å². The molecule has 0 fully saturated rings. The molecule has 0 aliphatic rings. The number of aromatic nitrogens is 8. The van der Waals surface area contributed by atoms with E-state index in [1.165, 1.54) is 36.4 Å². The number of nitriles is 1. The zero-order valence-corrected chi connectivity index (χ0v) is 16.2. The van der Waals surface area contributed by atoms with Crippen LogP contribution in [-0.2, 0) is 0 Å². The van der Waals surface area contributed by atoms with Crippen LogP contribution < -0.4 is 5.56 Å². The van der Waals surface area contributed by atoms with E-state index >= 15 is 0 Å². The van der Waals surface area contributed by atoms with Crippen molar-refractivity contribution in [3.63, 3.8) is 0 Å². The molecule has 13 heteroatoms. The third-order valence-electron chi connectivity index (χ3n) is 4.11. The van der Waals surface area contributed by atoms with Crippen molar-refractivity contribution < 1.29 is 5.11 Å². The molecule has 13 nitrogen and oxygen atoms in total. The largest absolute Gasteiger partial charge is 0.493 e. The number of rotatable bonds is 4. The smallest absolute Gasteiger partial charge is 0.288 e. The zero-order chi connectivity index (χ0) is 22.0. The minimum atomic E-state index is -0.761. The van der Waals surface area contributed by atoms with Gasteiger partial charge in [-0.05, 0) is 26.0 Å². The summed E-state index contributed by atoms with van der Waals surface area (Å²) in [6.45, 7) is 3.12. The maximum absolute atomic E-state index is 13.1. The second-order valence-corrected chi connectivity index (χ2v) is 6.09. The molecule has 0 aliphatic carbocycles. The standard InChI is InChI=1S/C18H13N11O2/c1-10-12(9-19)14(30)28(16-20-5-3-6-21-16)15(31)13(10)25-26-18-24-11(2)27-29(18)17-22-7-4-8-23-17/h3-8,30H,1-2H3. The van der Waals surface area contributed by atoms with Gasteiger partial charge in [-0.3, -0.25) is 4.79 Å². The molecule has 0 aliphatic heterocycles. The van der Waals surface area contributed by atoms with Gasteiger partial charge in [0, 0.05) is 30.4 Å². The molecule has 0 aromatic carbocycles. The molecule has 31 heavy (non-hydrogen) atoms. The van der Waals surface area contributed by atoms with Crippen LogP contribution in [0.3, 0.4) is 0 Å². The van der Waals surface area contributed by atoms with Gasteiger partial charge in [-0.1, -0.05) is 0 Å². The Balaban J connectivity index is 1.89. The van der Waals surface area contributed by atoms with Gasteiger partial charge in [0.2, 0.25) is 11.8 Å². The summed E-state index contributed by atoms with van der Waals surface area (Å²) in [6, 6.07) is 5.05. The third-order valence-corrected chi connectivity index (χ3v) is 4.11. The molecule has 0 bridgehead atoms. The first-order valence-electron chi connectivity index (χ1n) is 8.80. The molecule has 1 N–H and O–H groups in total. The number of hydrogen-bond donors (Lipinski definition) is 1. The fourth-order valence-corrected chi connectivity index (χ4v) is 2.70. The fourth-order valence-electron chi connectivity index (χ4n) is 2.70. The molecule has 4 heterocycles.